The van der Waals surface area contributed by atoms with Crippen LogP contribution in [0.25, 0.3) is 66.1 Å². The van der Waals surface area contributed by atoms with Crippen LogP contribution in [-0.2, 0) is 0 Å². The first kappa shape index (κ1) is 21.0. The van der Waals surface area contributed by atoms with Gasteiger partial charge in [0.1, 0.15) is 0 Å². The van der Waals surface area contributed by atoms with Crippen molar-refractivity contribution in [3.8, 4) is 22.5 Å². The van der Waals surface area contributed by atoms with Crippen LogP contribution in [0.4, 0.5) is 0 Å². The van der Waals surface area contributed by atoms with Crippen LogP contribution in [0.1, 0.15) is 0 Å². The zero-order valence-electron chi connectivity index (χ0n) is 20.6. The number of nitrogens with zero attached hydrogens (tertiary/aromatic N) is 3. The molecule has 5 aromatic carbocycles. The standard InChI is InChI=1S/C35H23N3/c1-2-9-24(10-3-1)25-17-18-34-31(21-25)30-19-20-36-23-35(30)38(34)27-12-8-11-26(22-27)37-32-15-6-4-13-28(32)29-14-5-7-16-33(29)37/h1-23H. The van der Waals surface area contributed by atoms with E-state index in [0.29, 0.717) is 0 Å². The first-order valence-corrected chi connectivity index (χ1v) is 12.9. The molecule has 0 unspecified atom stereocenters. The van der Waals surface area contributed by atoms with E-state index < -0.39 is 0 Å². The van der Waals surface area contributed by atoms with Gasteiger partial charge in [0.05, 0.1) is 28.3 Å². The minimum absolute atomic E-state index is 1.10. The van der Waals surface area contributed by atoms with E-state index in [1.807, 2.05) is 12.4 Å². The highest BCUT2D eigenvalue weighted by atomic mass is 15.0. The van der Waals surface area contributed by atoms with Crippen LogP contribution in [0.5, 0.6) is 0 Å². The number of aromatic nitrogens is 3. The molecule has 0 spiro atoms. The number of rotatable bonds is 3. The fourth-order valence-electron chi connectivity index (χ4n) is 5.93. The van der Waals surface area contributed by atoms with E-state index in [1.54, 1.807) is 0 Å². The minimum atomic E-state index is 1.10. The molecule has 0 saturated carbocycles. The lowest BCUT2D eigenvalue weighted by atomic mass is 10.0. The number of fused-ring (bicyclic) bond motifs is 6. The summed E-state index contributed by atoms with van der Waals surface area (Å²) in [7, 11) is 0. The van der Waals surface area contributed by atoms with E-state index in [-0.39, 0.29) is 0 Å². The largest absolute Gasteiger partial charge is 0.309 e. The minimum Gasteiger partial charge on any atom is -0.309 e. The molecule has 0 N–H and O–H groups in total. The van der Waals surface area contributed by atoms with Crippen molar-refractivity contribution in [3.63, 3.8) is 0 Å². The summed E-state index contributed by atoms with van der Waals surface area (Å²) >= 11 is 0. The molecule has 38 heavy (non-hydrogen) atoms. The van der Waals surface area contributed by atoms with Crippen LogP contribution in [0.2, 0.25) is 0 Å². The molecular weight excluding hydrogens is 462 g/mol. The predicted molar refractivity (Wildman–Crippen MR) is 158 cm³/mol. The van der Waals surface area contributed by atoms with Gasteiger partial charge in [-0.3, -0.25) is 4.98 Å². The Morgan fingerprint density at radius 3 is 1.74 bits per heavy atom. The van der Waals surface area contributed by atoms with Gasteiger partial charge in [0.2, 0.25) is 0 Å². The molecule has 0 saturated heterocycles. The Kier molecular flexibility index (Phi) is 4.52. The van der Waals surface area contributed by atoms with Gasteiger partial charge < -0.3 is 9.13 Å². The second-order valence-electron chi connectivity index (χ2n) is 9.72. The average Bonchev–Trinajstić information content (AvgIpc) is 3.50. The molecular formula is C35H23N3. The summed E-state index contributed by atoms with van der Waals surface area (Å²) in [6.07, 6.45) is 3.86. The third-order valence-corrected chi connectivity index (χ3v) is 7.60. The van der Waals surface area contributed by atoms with Gasteiger partial charge in [-0.2, -0.15) is 0 Å². The van der Waals surface area contributed by atoms with Gasteiger partial charge in [0, 0.05) is 39.1 Å². The SMILES string of the molecule is c1ccc(-c2ccc3c(c2)c2ccncc2n3-c2cccc(-n3c4ccccc4c4ccccc43)c2)cc1. The summed E-state index contributed by atoms with van der Waals surface area (Å²) < 4.78 is 4.71. The maximum atomic E-state index is 4.50. The van der Waals surface area contributed by atoms with Crippen LogP contribution in [0.15, 0.2) is 140 Å². The summed E-state index contributed by atoms with van der Waals surface area (Å²) in [5.74, 6) is 0. The number of pyridine rings is 1. The lowest BCUT2D eigenvalue weighted by Gasteiger charge is -2.12. The Hall–Kier alpha value is -5.15. The third kappa shape index (κ3) is 3.06. The molecule has 178 valence electrons. The van der Waals surface area contributed by atoms with Gasteiger partial charge >= 0.3 is 0 Å². The smallest absolute Gasteiger partial charge is 0.0724 e. The van der Waals surface area contributed by atoms with Crippen molar-refractivity contribution in [2.75, 3.05) is 0 Å². The molecule has 0 bridgehead atoms. The monoisotopic (exact) mass is 485 g/mol. The van der Waals surface area contributed by atoms with Crippen LogP contribution in [0, 0.1) is 0 Å². The molecule has 8 aromatic rings. The molecule has 0 fully saturated rings. The van der Waals surface area contributed by atoms with E-state index in [0.717, 1.165) is 16.9 Å². The fourth-order valence-corrected chi connectivity index (χ4v) is 5.93. The Morgan fingerprint density at radius 2 is 1.00 bits per heavy atom. The number of para-hydroxylation sites is 2. The van der Waals surface area contributed by atoms with Gasteiger partial charge in [-0.15, -0.1) is 0 Å². The Morgan fingerprint density at radius 1 is 0.395 bits per heavy atom. The molecule has 0 aliphatic heterocycles. The van der Waals surface area contributed by atoms with E-state index in [1.165, 1.54) is 49.2 Å². The molecule has 0 amide bonds. The molecule has 0 aliphatic rings. The van der Waals surface area contributed by atoms with Gasteiger partial charge in [0.25, 0.3) is 0 Å². The predicted octanol–water partition coefficient (Wildman–Crippen LogP) is 8.94. The topological polar surface area (TPSA) is 22.8 Å². The van der Waals surface area contributed by atoms with Gasteiger partial charge in [-0.1, -0.05) is 78.9 Å². The molecule has 8 rings (SSSR count). The van der Waals surface area contributed by atoms with Crippen molar-refractivity contribution in [1.82, 2.24) is 14.1 Å². The third-order valence-electron chi connectivity index (χ3n) is 7.60. The van der Waals surface area contributed by atoms with Crippen LogP contribution in [-0.4, -0.2) is 14.1 Å². The molecule has 3 heterocycles. The molecule has 3 heteroatoms. The van der Waals surface area contributed by atoms with Crippen molar-refractivity contribution in [2.24, 2.45) is 0 Å². The Bertz CT molecular complexity index is 2080. The molecule has 3 aromatic heterocycles. The number of hydrogen-bond acceptors (Lipinski definition) is 1. The molecule has 0 atom stereocenters. The van der Waals surface area contributed by atoms with Crippen molar-refractivity contribution in [2.45, 2.75) is 0 Å². The zero-order valence-corrected chi connectivity index (χ0v) is 20.6. The summed E-state index contributed by atoms with van der Waals surface area (Å²) in [4.78, 5) is 4.50. The van der Waals surface area contributed by atoms with Crippen molar-refractivity contribution in [1.29, 1.82) is 0 Å². The highest BCUT2D eigenvalue weighted by molar-refractivity contribution is 6.11. The first-order valence-electron chi connectivity index (χ1n) is 12.9. The van der Waals surface area contributed by atoms with Crippen molar-refractivity contribution in [3.05, 3.63) is 140 Å². The van der Waals surface area contributed by atoms with Crippen molar-refractivity contribution < 1.29 is 0 Å². The summed E-state index contributed by atoms with van der Waals surface area (Å²) in [5, 5.41) is 4.96. The van der Waals surface area contributed by atoms with Crippen LogP contribution in [0.3, 0.4) is 0 Å². The van der Waals surface area contributed by atoms with E-state index in [9.17, 15) is 0 Å². The van der Waals surface area contributed by atoms with E-state index >= 15 is 0 Å². The Balaban J connectivity index is 1.39. The maximum Gasteiger partial charge on any atom is 0.0724 e. The lowest BCUT2D eigenvalue weighted by molar-refractivity contribution is 1.13. The summed E-state index contributed by atoms with van der Waals surface area (Å²) in [5.41, 5.74) is 9.39. The number of hydrogen-bond donors (Lipinski definition) is 0. The second kappa shape index (κ2) is 8.19. The van der Waals surface area contributed by atoms with E-state index in [4.69, 9.17) is 0 Å². The average molecular weight is 486 g/mol. The molecule has 3 nitrogen and oxygen atoms in total. The van der Waals surface area contributed by atoms with E-state index in [2.05, 4.69) is 142 Å². The van der Waals surface area contributed by atoms with Crippen molar-refractivity contribution >= 4 is 43.6 Å². The number of benzene rings is 5. The zero-order chi connectivity index (χ0) is 25.1. The van der Waals surface area contributed by atoms with Crippen LogP contribution >= 0.6 is 0 Å². The fraction of sp³-hybridized carbons (Fsp3) is 0. The van der Waals surface area contributed by atoms with Crippen LogP contribution < -0.4 is 0 Å². The van der Waals surface area contributed by atoms with Gasteiger partial charge in [-0.25, -0.2) is 0 Å². The second-order valence-corrected chi connectivity index (χ2v) is 9.72. The quantitative estimate of drug-likeness (QED) is 0.245. The van der Waals surface area contributed by atoms with Gasteiger partial charge in [0.15, 0.2) is 0 Å². The summed E-state index contributed by atoms with van der Waals surface area (Å²) in [6, 6.07) is 45.6. The highest BCUT2D eigenvalue weighted by Crippen LogP contribution is 2.36. The van der Waals surface area contributed by atoms with Gasteiger partial charge in [-0.05, 0) is 59.7 Å². The lowest BCUT2D eigenvalue weighted by Crippen LogP contribution is -1.98. The normalized spacial score (nSPS) is 11.7. The summed E-state index contributed by atoms with van der Waals surface area (Å²) in [6.45, 7) is 0. The molecule has 0 radical (unpaired) electrons. The highest BCUT2D eigenvalue weighted by Gasteiger charge is 2.16. The maximum absolute atomic E-state index is 4.50. The Labute approximate surface area is 219 Å². The first-order chi connectivity index (χ1) is 18.9. The molecule has 0 aliphatic carbocycles.